The number of nitrogens with one attached hydrogen (secondary N) is 1. The van der Waals surface area contributed by atoms with Crippen LogP contribution in [0.1, 0.15) is 24.1 Å². The van der Waals surface area contributed by atoms with Gasteiger partial charge in [-0.25, -0.2) is 4.39 Å². The maximum atomic E-state index is 13.0. The lowest BCUT2D eigenvalue weighted by molar-refractivity contribution is 0.610. The minimum atomic E-state index is -0.253. The number of aryl methyl sites for hydroxylation is 1. The van der Waals surface area contributed by atoms with Crippen LogP contribution in [-0.2, 0) is 0 Å². The van der Waals surface area contributed by atoms with E-state index in [9.17, 15) is 4.39 Å². The third-order valence-electron chi connectivity index (χ3n) is 2.18. The van der Waals surface area contributed by atoms with Crippen molar-refractivity contribution in [3.05, 3.63) is 34.1 Å². The summed E-state index contributed by atoms with van der Waals surface area (Å²) in [5.74, 6) is -0.253. The van der Waals surface area contributed by atoms with Gasteiger partial charge in [0.15, 0.2) is 0 Å². The SMILES string of the molecule is CNC(C)c1cc(C)c(F)cc1Cl. The van der Waals surface area contributed by atoms with E-state index in [1.807, 2.05) is 14.0 Å². The fraction of sp³-hybridized carbons (Fsp3) is 0.400. The monoisotopic (exact) mass is 201 g/mol. The van der Waals surface area contributed by atoms with E-state index in [-0.39, 0.29) is 11.9 Å². The molecule has 3 heteroatoms. The molecular formula is C10H13ClFN. The highest BCUT2D eigenvalue weighted by Crippen LogP contribution is 2.25. The van der Waals surface area contributed by atoms with Crippen LogP contribution in [0.3, 0.4) is 0 Å². The lowest BCUT2D eigenvalue weighted by Gasteiger charge is -2.13. The Labute approximate surface area is 82.9 Å². The van der Waals surface area contributed by atoms with Crippen molar-refractivity contribution in [2.45, 2.75) is 19.9 Å². The second-order valence-electron chi connectivity index (χ2n) is 3.13. The molecule has 0 saturated carbocycles. The first-order chi connectivity index (χ1) is 6.06. The quantitative estimate of drug-likeness (QED) is 0.776. The van der Waals surface area contributed by atoms with Crippen molar-refractivity contribution in [1.29, 1.82) is 0 Å². The molecular weight excluding hydrogens is 189 g/mol. The van der Waals surface area contributed by atoms with E-state index in [0.717, 1.165) is 5.56 Å². The average molecular weight is 202 g/mol. The van der Waals surface area contributed by atoms with Crippen molar-refractivity contribution in [1.82, 2.24) is 5.32 Å². The molecule has 0 amide bonds. The van der Waals surface area contributed by atoms with E-state index in [1.165, 1.54) is 6.07 Å². The van der Waals surface area contributed by atoms with Crippen molar-refractivity contribution in [2.75, 3.05) is 7.05 Å². The molecule has 72 valence electrons. The zero-order valence-electron chi connectivity index (χ0n) is 7.99. The highest BCUT2D eigenvalue weighted by atomic mass is 35.5. The third-order valence-corrected chi connectivity index (χ3v) is 2.50. The molecule has 0 spiro atoms. The molecule has 1 unspecified atom stereocenters. The lowest BCUT2D eigenvalue weighted by atomic mass is 10.1. The lowest BCUT2D eigenvalue weighted by Crippen LogP contribution is -2.13. The standard InChI is InChI=1S/C10H13ClFN/c1-6-4-8(7(2)13-3)9(11)5-10(6)12/h4-5,7,13H,1-3H3. The molecule has 0 aromatic heterocycles. The van der Waals surface area contributed by atoms with Gasteiger partial charge in [-0.15, -0.1) is 0 Å². The van der Waals surface area contributed by atoms with Crippen molar-refractivity contribution in [2.24, 2.45) is 0 Å². The Bertz CT molecular complexity index is 312. The Morgan fingerprint density at radius 3 is 2.62 bits per heavy atom. The summed E-state index contributed by atoms with van der Waals surface area (Å²) in [5.41, 5.74) is 1.56. The van der Waals surface area contributed by atoms with Gasteiger partial charge < -0.3 is 5.32 Å². The van der Waals surface area contributed by atoms with Gasteiger partial charge in [-0.05, 0) is 38.1 Å². The molecule has 1 aromatic rings. The maximum absolute atomic E-state index is 13.0. The predicted molar refractivity (Wildman–Crippen MR) is 53.6 cm³/mol. The number of rotatable bonds is 2. The van der Waals surface area contributed by atoms with Crippen molar-refractivity contribution in [3.8, 4) is 0 Å². The minimum Gasteiger partial charge on any atom is -0.313 e. The summed E-state index contributed by atoms with van der Waals surface area (Å²) in [7, 11) is 1.85. The van der Waals surface area contributed by atoms with Crippen LogP contribution in [0.5, 0.6) is 0 Å². The van der Waals surface area contributed by atoms with Gasteiger partial charge in [0.05, 0.1) is 0 Å². The molecule has 1 aromatic carbocycles. The second kappa shape index (κ2) is 4.07. The van der Waals surface area contributed by atoms with Crippen LogP contribution in [0, 0.1) is 12.7 Å². The molecule has 0 aliphatic heterocycles. The van der Waals surface area contributed by atoms with E-state index in [4.69, 9.17) is 11.6 Å². The van der Waals surface area contributed by atoms with Gasteiger partial charge in [0.1, 0.15) is 5.82 Å². The first kappa shape index (κ1) is 10.5. The zero-order chi connectivity index (χ0) is 10.0. The summed E-state index contributed by atoms with van der Waals surface area (Å²) in [6.45, 7) is 3.72. The van der Waals surface area contributed by atoms with E-state index >= 15 is 0 Å². The zero-order valence-corrected chi connectivity index (χ0v) is 8.74. The van der Waals surface area contributed by atoms with Crippen LogP contribution in [0.4, 0.5) is 4.39 Å². The topological polar surface area (TPSA) is 12.0 Å². The predicted octanol–water partition coefficient (Wildman–Crippen LogP) is 3.07. The number of hydrogen-bond acceptors (Lipinski definition) is 1. The van der Waals surface area contributed by atoms with Gasteiger partial charge in [0.25, 0.3) is 0 Å². The van der Waals surface area contributed by atoms with Crippen LogP contribution < -0.4 is 5.32 Å². The van der Waals surface area contributed by atoms with E-state index in [1.54, 1.807) is 13.0 Å². The largest absolute Gasteiger partial charge is 0.313 e. The molecule has 0 heterocycles. The average Bonchev–Trinajstić information content (AvgIpc) is 2.10. The Balaban J connectivity index is 3.15. The fourth-order valence-corrected chi connectivity index (χ4v) is 1.48. The molecule has 0 radical (unpaired) electrons. The number of hydrogen-bond donors (Lipinski definition) is 1. The molecule has 0 aliphatic carbocycles. The van der Waals surface area contributed by atoms with Crippen LogP contribution in [0.15, 0.2) is 12.1 Å². The first-order valence-corrected chi connectivity index (χ1v) is 4.57. The van der Waals surface area contributed by atoms with Crippen LogP contribution >= 0.6 is 11.6 Å². The highest BCUT2D eigenvalue weighted by Gasteiger charge is 2.10. The minimum absolute atomic E-state index is 0.145. The van der Waals surface area contributed by atoms with Crippen molar-refractivity contribution < 1.29 is 4.39 Å². The van der Waals surface area contributed by atoms with Gasteiger partial charge in [-0.2, -0.15) is 0 Å². The van der Waals surface area contributed by atoms with Crippen LogP contribution in [-0.4, -0.2) is 7.05 Å². The van der Waals surface area contributed by atoms with Crippen molar-refractivity contribution in [3.63, 3.8) is 0 Å². The van der Waals surface area contributed by atoms with Gasteiger partial charge in [0.2, 0.25) is 0 Å². The van der Waals surface area contributed by atoms with Gasteiger partial charge >= 0.3 is 0 Å². The summed E-state index contributed by atoms with van der Waals surface area (Å²) < 4.78 is 13.0. The molecule has 0 fully saturated rings. The summed E-state index contributed by atoms with van der Waals surface area (Å²) in [6, 6.07) is 3.28. The van der Waals surface area contributed by atoms with Crippen LogP contribution in [0.2, 0.25) is 5.02 Å². The molecule has 1 atom stereocenters. The summed E-state index contributed by atoms with van der Waals surface area (Å²) in [5, 5.41) is 3.54. The summed E-state index contributed by atoms with van der Waals surface area (Å²) >= 11 is 5.90. The van der Waals surface area contributed by atoms with E-state index in [2.05, 4.69) is 5.32 Å². The second-order valence-corrected chi connectivity index (χ2v) is 3.54. The first-order valence-electron chi connectivity index (χ1n) is 4.19. The smallest absolute Gasteiger partial charge is 0.127 e. The fourth-order valence-electron chi connectivity index (χ4n) is 1.17. The van der Waals surface area contributed by atoms with Gasteiger partial charge in [0, 0.05) is 11.1 Å². The molecule has 0 aliphatic rings. The van der Waals surface area contributed by atoms with Crippen molar-refractivity contribution >= 4 is 11.6 Å². The van der Waals surface area contributed by atoms with Gasteiger partial charge in [-0.1, -0.05) is 17.7 Å². The Morgan fingerprint density at radius 1 is 1.46 bits per heavy atom. The van der Waals surface area contributed by atoms with Gasteiger partial charge in [-0.3, -0.25) is 0 Å². The van der Waals surface area contributed by atoms with E-state index in [0.29, 0.717) is 10.6 Å². The molecule has 0 bridgehead atoms. The summed E-state index contributed by atoms with van der Waals surface area (Å²) in [6.07, 6.45) is 0. The Kier molecular flexibility index (Phi) is 3.28. The highest BCUT2D eigenvalue weighted by molar-refractivity contribution is 6.31. The maximum Gasteiger partial charge on any atom is 0.127 e. The molecule has 1 nitrogen and oxygen atoms in total. The molecule has 1 N–H and O–H groups in total. The molecule has 13 heavy (non-hydrogen) atoms. The number of halogens is 2. The molecule has 1 rings (SSSR count). The summed E-state index contributed by atoms with van der Waals surface area (Å²) in [4.78, 5) is 0. The Hall–Kier alpha value is -0.600. The molecule has 0 saturated heterocycles. The normalized spacial score (nSPS) is 13.0. The Morgan fingerprint density at radius 2 is 2.08 bits per heavy atom. The third kappa shape index (κ3) is 2.20. The van der Waals surface area contributed by atoms with E-state index < -0.39 is 0 Å². The van der Waals surface area contributed by atoms with Crippen LogP contribution in [0.25, 0.3) is 0 Å². The number of benzene rings is 1.